The van der Waals surface area contributed by atoms with Crippen LogP contribution in [0.15, 0.2) is 65.8 Å². The van der Waals surface area contributed by atoms with Gasteiger partial charge in [0.1, 0.15) is 17.2 Å². The van der Waals surface area contributed by atoms with Crippen molar-refractivity contribution in [1.82, 2.24) is 15.2 Å². The third-order valence-corrected chi connectivity index (χ3v) is 5.00. The van der Waals surface area contributed by atoms with E-state index in [9.17, 15) is 4.79 Å². The van der Waals surface area contributed by atoms with Crippen molar-refractivity contribution in [3.8, 4) is 22.5 Å². The fourth-order valence-electron chi connectivity index (χ4n) is 2.62. The highest BCUT2D eigenvalue weighted by Crippen LogP contribution is 2.33. The van der Waals surface area contributed by atoms with Crippen LogP contribution in [0.3, 0.4) is 0 Å². The zero-order valence-corrected chi connectivity index (χ0v) is 14.4. The maximum Gasteiger partial charge on any atom is 0.210 e. The molecule has 4 rings (SSSR count). The second-order valence-corrected chi connectivity index (χ2v) is 7.00. The molecular formula is C20H17N3OS. The molecule has 0 spiro atoms. The Hall–Kier alpha value is -2.53. The van der Waals surface area contributed by atoms with E-state index in [0.29, 0.717) is 16.7 Å². The number of aromatic nitrogens is 3. The average molecular weight is 347 g/mol. The molecule has 0 N–H and O–H groups in total. The highest BCUT2D eigenvalue weighted by Gasteiger charge is 2.29. The minimum atomic E-state index is 0.262. The van der Waals surface area contributed by atoms with Crippen LogP contribution in [0.1, 0.15) is 12.8 Å². The van der Waals surface area contributed by atoms with Crippen molar-refractivity contribution in [2.24, 2.45) is 5.92 Å². The summed E-state index contributed by atoms with van der Waals surface area (Å²) in [6, 6.07) is 19.9. The van der Waals surface area contributed by atoms with Gasteiger partial charge in [-0.3, -0.25) is 4.79 Å². The summed E-state index contributed by atoms with van der Waals surface area (Å²) in [5, 5.41) is 9.21. The fourth-order valence-corrected chi connectivity index (χ4v) is 3.38. The van der Waals surface area contributed by atoms with Crippen LogP contribution in [0.4, 0.5) is 0 Å². The van der Waals surface area contributed by atoms with Crippen LogP contribution < -0.4 is 0 Å². The van der Waals surface area contributed by atoms with Gasteiger partial charge in [-0.15, -0.1) is 10.2 Å². The third-order valence-electron chi connectivity index (χ3n) is 4.14. The molecule has 3 aromatic rings. The lowest BCUT2D eigenvalue weighted by Gasteiger charge is -2.09. The molecule has 0 saturated heterocycles. The van der Waals surface area contributed by atoms with Gasteiger partial charge in [0, 0.05) is 17.0 Å². The molecule has 1 fully saturated rings. The third kappa shape index (κ3) is 3.77. The van der Waals surface area contributed by atoms with Crippen LogP contribution in [-0.4, -0.2) is 26.7 Å². The normalized spacial score (nSPS) is 13.6. The topological polar surface area (TPSA) is 55.7 Å². The number of benzene rings is 2. The summed E-state index contributed by atoms with van der Waals surface area (Å²) >= 11 is 1.38. The summed E-state index contributed by atoms with van der Waals surface area (Å²) in [6.07, 6.45) is 2.06. The van der Waals surface area contributed by atoms with E-state index < -0.39 is 0 Å². The lowest BCUT2D eigenvalue weighted by Crippen LogP contribution is -2.05. The highest BCUT2D eigenvalue weighted by molar-refractivity contribution is 7.99. The van der Waals surface area contributed by atoms with Crippen molar-refractivity contribution in [3.05, 3.63) is 60.7 Å². The molecule has 0 bridgehead atoms. The molecule has 5 heteroatoms. The van der Waals surface area contributed by atoms with Crippen molar-refractivity contribution in [2.45, 2.75) is 18.0 Å². The Kier molecular flexibility index (Phi) is 4.57. The SMILES string of the molecule is O=C(CSc1nnc(-c2ccccc2)c(-c2ccccc2)n1)C1CC1. The van der Waals surface area contributed by atoms with Gasteiger partial charge in [-0.2, -0.15) is 0 Å². The molecule has 25 heavy (non-hydrogen) atoms. The maximum absolute atomic E-state index is 11.9. The molecular weight excluding hydrogens is 330 g/mol. The molecule has 0 aliphatic heterocycles. The van der Waals surface area contributed by atoms with Gasteiger partial charge in [-0.25, -0.2) is 4.98 Å². The summed E-state index contributed by atoms with van der Waals surface area (Å²) < 4.78 is 0. The maximum atomic E-state index is 11.9. The van der Waals surface area contributed by atoms with Gasteiger partial charge >= 0.3 is 0 Å². The number of carbonyl (C=O) groups is 1. The van der Waals surface area contributed by atoms with E-state index in [2.05, 4.69) is 10.2 Å². The first-order valence-corrected chi connectivity index (χ1v) is 9.31. The molecule has 1 aliphatic carbocycles. The second-order valence-electron chi connectivity index (χ2n) is 6.05. The lowest BCUT2D eigenvalue weighted by atomic mass is 10.0. The molecule has 4 nitrogen and oxygen atoms in total. The van der Waals surface area contributed by atoms with Gasteiger partial charge in [0.2, 0.25) is 5.16 Å². The molecule has 1 saturated carbocycles. The molecule has 1 heterocycles. The Morgan fingerprint density at radius 2 is 1.48 bits per heavy atom. The van der Waals surface area contributed by atoms with E-state index >= 15 is 0 Å². The smallest absolute Gasteiger partial charge is 0.210 e. The standard InChI is InChI=1S/C20H17N3OS/c24-17(14-11-12-14)13-25-20-21-18(15-7-3-1-4-8-15)19(22-23-20)16-9-5-2-6-10-16/h1-10,14H,11-13H2. The van der Waals surface area contributed by atoms with Crippen LogP contribution in [0.5, 0.6) is 0 Å². The zero-order chi connectivity index (χ0) is 17.1. The second kappa shape index (κ2) is 7.15. The predicted octanol–water partition coefficient (Wildman–Crippen LogP) is 4.28. The van der Waals surface area contributed by atoms with Gasteiger partial charge in [0.25, 0.3) is 0 Å². The van der Waals surface area contributed by atoms with Gasteiger partial charge < -0.3 is 0 Å². The largest absolute Gasteiger partial charge is 0.298 e. The molecule has 124 valence electrons. The van der Waals surface area contributed by atoms with Gasteiger partial charge in [0.15, 0.2) is 0 Å². The summed E-state index contributed by atoms with van der Waals surface area (Å²) in [4.78, 5) is 16.6. The van der Waals surface area contributed by atoms with Crippen molar-refractivity contribution in [3.63, 3.8) is 0 Å². The Morgan fingerprint density at radius 1 is 0.880 bits per heavy atom. The zero-order valence-electron chi connectivity index (χ0n) is 13.6. The first-order valence-electron chi connectivity index (χ1n) is 8.32. The summed E-state index contributed by atoms with van der Waals surface area (Å²) in [5.41, 5.74) is 3.52. The molecule has 1 aliphatic rings. The van der Waals surface area contributed by atoms with Crippen molar-refractivity contribution < 1.29 is 4.79 Å². The number of nitrogens with zero attached hydrogens (tertiary/aromatic N) is 3. The Balaban J connectivity index is 1.68. The van der Waals surface area contributed by atoms with Crippen LogP contribution >= 0.6 is 11.8 Å². The minimum absolute atomic E-state index is 0.262. The first-order chi connectivity index (χ1) is 12.3. The lowest BCUT2D eigenvalue weighted by molar-refractivity contribution is -0.117. The molecule has 0 unspecified atom stereocenters. The number of carbonyl (C=O) groups excluding carboxylic acids is 1. The number of hydrogen-bond acceptors (Lipinski definition) is 5. The number of rotatable bonds is 6. The molecule has 0 atom stereocenters. The monoisotopic (exact) mass is 347 g/mol. The van der Waals surface area contributed by atoms with Crippen LogP contribution in [-0.2, 0) is 4.79 Å². The van der Waals surface area contributed by atoms with E-state index in [-0.39, 0.29) is 5.92 Å². The number of hydrogen-bond donors (Lipinski definition) is 0. The van der Waals surface area contributed by atoms with Crippen molar-refractivity contribution >= 4 is 17.5 Å². The van der Waals surface area contributed by atoms with E-state index in [4.69, 9.17) is 4.98 Å². The van der Waals surface area contributed by atoms with Crippen molar-refractivity contribution in [1.29, 1.82) is 0 Å². The quantitative estimate of drug-likeness (QED) is 0.623. The first kappa shape index (κ1) is 16.0. The number of Topliss-reactive ketones (excluding diaryl/α,β-unsaturated/α-hetero) is 1. The van der Waals surface area contributed by atoms with Crippen LogP contribution in [0, 0.1) is 5.92 Å². The Labute approximate surface area is 150 Å². The van der Waals surface area contributed by atoms with E-state index in [1.807, 2.05) is 60.7 Å². The summed E-state index contributed by atoms with van der Waals surface area (Å²) in [7, 11) is 0. The van der Waals surface area contributed by atoms with Crippen molar-refractivity contribution in [2.75, 3.05) is 5.75 Å². The molecule has 1 aromatic heterocycles. The molecule has 0 amide bonds. The molecule has 0 radical (unpaired) electrons. The highest BCUT2D eigenvalue weighted by atomic mass is 32.2. The number of ketones is 1. The van der Waals surface area contributed by atoms with Crippen LogP contribution in [0.25, 0.3) is 22.5 Å². The summed E-state index contributed by atoms with van der Waals surface area (Å²) in [5.74, 6) is 0.977. The van der Waals surface area contributed by atoms with E-state index in [1.54, 1.807) is 0 Å². The molecule has 2 aromatic carbocycles. The summed E-state index contributed by atoms with van der Waals surface area (Å²) in [6.45, 7) is 0. The Morgan fingerprint density at radius 3 is 2.08 bits per heavy atom. The number of thioether (sulfide) groups is 1. The predicted molar refractivity (Wildman–Crippen MR) is 99.2 cm³/mol. The van der Waals surface area contributed by atoms with Gasteiger partial charge in [-0.1, -0.05) is 72.4 Å². The van der Waals surface area contributed by atoms with E-state index in [1.165, 1.54) is 11.8 Å². The minimum Gasteiger partial charge on any atom is -0.298 e. The average Bonchev–Trinajstić information content (AvgIpc) is 3.53. The van der Waals surface area contributed by atoms with E-state index in [0.717, 1.165) is 35.4 Å². The van der Waals surface area contributed by atoms with Gasteiger partial charge in [0.05, 0.1) is 5.75 Å². The Bertz CT molecular complexity index is 880. The fraction of sp³-hybridized carbons (Fsp3) is 0.200. The van der Waals surface area contributed by atoms with Gasteiger partial charge in [-0.05, 0) is 12.8 Å². The van der Waals surface area contributed by atoms with Crippen LogP contribution in [0.2, 0.25) is 0 Å².